The Kier molecular flexibility index (Phi) is 5.08. The van der Waals surface area contributed by atoms with Gasteiger partial charge in [-0.25, -0.2) is 9.78 Å². The van der Waals surface area contributed by atoms with Gasteiger partial charge in [-0.05, 0) is 38.5 Å². The van der Waals surface area contributed by atoms with Crippen molar-refractivity contribution in [3.8, 4) is 0 Å². The highest BCUT2D eigenvalue weighted by Gasteiger charge is 2.28. The zero-order chi connectivity index (χ0) is 16.2. The average Bonchev–Trinajstić information content (AvgIpc) is 2.45. The van der Waals surface area contributed by atoms with Crippen molar-refractivity contribution in [2.75, 3.05) is 4.90 Å². The molecule has 0 aliphatic rings. The molecular weight excluding hydrogens is 296 g/mol. The number of thioether (sulfide) groups is 1. The maximum absolute atomic E-state index is 11.5. The van der Waals surface area contributed by atoms with Crippen molar-refractivity contribution in [3.05, 3.63) is 54.2 Å². The molecule has 1 N–H and O–H groups in total. The first kappa shape index (κ1) is 16.4. The van der Waals surface area contributed by atoms with Gasteiger partial charge in [0.15, 0.2) is 0 Å². The lowest BCUT2D eigenvalue weighted by Gasteiger charge is -2.33. The smallest absolute Gasteiger partial charge is 0.412 e. The second kappa shape index (κ2) is 6.83. The number of rotatable bonds is 4. The van der Waals surface area contributed by atoms with Crippen LogP contribution in [0.1, 0.15) is 26.3 Å². The molecule has 1 aromatic heterocycles. The summed E-state index contributed by atoms with van der Waals surface area (Å²) in [7, 11) is 0. The van der Waals surface area contributed by atoms with E-state index in [1.165, 1.54) is 10.5 Å². The van der Waals surface area contributed by atoms with Crippen molar-refractivity contribution >= 4 is 23.5 Å². The van der Waals surface area contributed by atoms with Crippen molar-refractivity contribution in [1.29, 1.82) is 0 Å². The van der Waals surface area contributed by atoms with E-state index in [4.69, 9.17) is 0 Å². The lowest BCUT2D eigenvalue weighted by Crippen LogP contribution is -2.45. The number of carbonyl (C=O) groups is 1. The zero-order valence-electron chi connectivity index (χ0n) is 13.0. The molecule has 0 saturated carbocycles. The lowest BCUT2D eigenvalue weighted by molar-refractivity contribution is 0.195. The van der Waals surface area contributed by atoms with E-state index in [9.17, 15) is 9.90 Å². The molecule has 0 saturated heterocycles. The van der Waals surface area contributed by atoms with Crippen molar-refractivity contribution in [2.24, 2.45) is 0 Å². The Labute approximate surface area is 135 Å². The van der Waals surface area contributed by atoms with Crippen LogP contribution >= 0.6 is 11.8 Å². The van der Waals surface area contributed by atoms with Crippen LogP contribution in [0.25, 0.3) is 0 Å². The maximum atomic E-state index is 11.5. The molecule has 22 heavy (non-hydrogen) atoms. The fourth-order valence-corrected chi connectivity index (χ4v) is 2.98. The summed E-state index contributed by atoms with van der Waals surface area (Å²) < 4.78 is 0. The summed E-state index contributed by atoms with van der Waals surface area (Å²) in [6.45, 7) is 5.62. The van der Waals surface area contributed by atoms with E-state index < -0.39 is 11.6 Å². The van der Waals surface area contributed by atoms with Crippen molar-refractivity contribution < 1.29 is 9.90 Å². The maximum Gasteiger partial charge on any atom is 0.412 e. The predicted octanol–water partition coefficient (Wildman–Crippen LogP) is 4.66. The van der Waals surface area contributed by atoms with Gasteiger partial charge in [0, 0.05) is 17.5 Å². The molecule has 0 spiro atoms. The SMILES string of the molecule is CC(C)(C)N(C(=O)O)c1ccnc(SCc2ccccc2)c1. The van der Waals surface area contributed by atoms with Gasteiger partial charge in [-0.15, -0.1) is 11.8 Å². The highest BCUT2D eigenvalue weighted by molar-refractivity contribution is 7.98. The number of benzene rings is 1. The minimum atomic E-state index is -0.960. The number of carboxylic acid groups (broad SMARTS) is 1. The molecule has 0 atom stereocenters. The molecule has 1 aromatic carbocycles. The Bertz CT molecular complexity index is 639. The summed E-state index contributed by atoms with van der Waals surface area (Å²) in [5.74, 6) is 0.805. The van der Waals surface area contributed by atoms with E-state index >= 15 is 0 Å². The van der Waals surface area contributed by atoms with Crippen molar-refractivity contribution in [2.45, 2.75) is 37.1 Å². The third-order valence-corrected chi connectivity index (χ3v) is 4.06. The highest BCUT2D eigenvalue weighted by Crippen LogP contribution is 2.28. The third kappa shape index (κ3) is 4.24. The van der Waals surface area contributed by atoms with E-state index in [1.807, 2.05) is 45.0 Å². The second-order valence-corrected chi connectivity index (χ2v) is 6.91. The summed E-state index contributed by atoms with van der Waals surface area (Å²) in [5.41, 5.74) is 1.35. The number of amides is 1. The van der Waals surface area contributed by atoms with Gasteiger partial charge >= 0.3 is 6.09 Å². The molecule has 116 valence electrons. The van der Waals surface area contributed by atoms with Crippen LogP contribution in [0.2, 0.25) is 0 Å². The normalized spacial score (nSPS) is 11.2. The third-order valence-electron chi connectivity index (χ3n) is 3.07. The predicted molar refractivity (Wildman–Crippen MR) is 90.5 cm³/mol. The molecule has 4 nitrogen and oxygen atoms in total. The van der Waals surface area contributed by atoms with Crippen LogP contribution < -0.4 is 4.90 Å². The van der Waals surface area contributed by atoms with Crippen LogP contribution in [-0.4, -0.2) is 21.7 Å². The van der Waals surface area contributed by atoms with Crippen molar-refractivity contribution in [1.82, 2.24) is 4.98 Å². The van der Waals surface area contributed by atoms with Gasteiger partial charge in [0.25, 0.3) is 0 Å². The number of hydrogen-bond acceptors (Lipinski definition) is 3. The van der Waals surface area contributed by atoms with E-state index in [1.54, 1.807) is 24.0 Å². The van der Waals surface area contributed by atoms with Crippen LogP contribution in [0.3, 0.4) is 0 Å². The first-order valence-corrected chi connectivity index (χ1v) is 8.02. The van der Waals surface area contributed by atoms with Gasteiger partial charge in [0.1, 0.15) is 0 Å². The van der Waals surface area contributed by atoms with Crippen LogP contribution in [-0.2, 0) is 5.75 Å². The molecule has 1 heterocycles. The number of aromatic nitrogens is 1. The van der Waals surface area contributed by atoms with E-state index in [2.05, 4.69) is 17.1 Å². The average molecular weight is 316 g/mol. The number of anilines is 1. The largest absolute Gasteiger partial charge is 0.465 e. The molecule has 0 bridgehead atoms. The molecule has 1 amide bonds. The highest BCUT2D eigenvalue weighted by atomic mass is 32.2. The van der Waals surface area contributed by atoms with Gasteiger partial charge < -0.3 is 5.11 Å². The monoisotopic (exact) mass is 316 g/mol. The Balaban J connectivity index is 2.17. The van der Waals surface area contributed by atoms with E-state index in [-0.39, 0.29) is 0 Å². The van der Waals surface area contributed by atoms with Gasteiger partial charge in [-0.1, -0.05) is 30.3 Å². The molecule has 2 aromatic rings. The Morgan fingerprint density at radius 2 is 1.91 bits per heavy atom. The second-order valence-electron chi connectivity index (χ2n) is 5.92. The van der Waals surface area contributed by atoms with Gasteiger partial charge in [0.2, 0.25) is 0 Å². The van der Waals surface area contributed by atoms with E-state index in [0.717, 1.165) is 10.8 Å². The Morgan fingerprint density at radius 1 is 1.23 bits per heavy atom. The molecule has 5 heteroatoms. The standard InChI is InChI=1S/C17H20N2O2S/c1-17(2,3)19(16(20)21)14-9-10-18-15(11-14)22-12-13-7-5-4-6-8-13/h4-11H,12H2,1-3H3,(H,20,21). The fraction of sp³-hybridized carbons (Fsp3) is 0.294. The number of hydrogen-bond donors (Lipinski definition) is 1. The Morgan fingerprint density at radius 3 is 2.50 bits per heavy atom. The quantitative estimate of drug-likeness (QED) is 0.834. The van der Waals surface area contributed by atoms with Crippen LogP contribution in [0, 0.1) is 0 Å². The topological polar surface area (TPSA) is 53.4 Å². The van der Waals surface area contributed by atoms with Gasteiger partial charge in [-0.2, -0.15) is 0 Å². The van der Waals surface area contributed by atoms with Crippen LogP contribution in [0.5, 0.6) is 0 Å². The molecule has 2 rings (SSSR count). The minimum absolute atomic E-state index is 0.505. The lowest BCUT2D eigenvalue weighted by atomic mass is 10.1. The van der Waals surface area contributed by atoms with Crippen LogP contribution in [0.15, 0.2) is 53.7 Å². The first-order chi connectivity index (χ1) is 10.4. The molecule has 0 fully saturated rings. The fourth-order valence-electron chi connectivity index (χ4n) is 2.13. The molecule has 0 radical (unpaired) electrons. The zero-order valence-corrected chi connectivity index (χ0v) is 13.8. The van der Waals surface area contributed by atoms with Gasteiger partial charge in [-0.3, -0.25) is 4.90 Å². The summed E-state index contributed by atoms with van der Waals surface area (Å²) in [6, 6.07) is 13.7. The van der Waals surface area contributed by atoms with Gasteiger partial charge in [0.05, 0.1) is 10.7 Å². The minimum Gasteiger partial charge on any atom is -0.465 e. The number of pyridine rings is 1. The summed E-state index contributed by atoms with van der Waals surface area (Å²) in [4.78, 5) is 17.2. The molecular formula is C17H20N2O2S. The molecule has 0 unspecified atom stereocenters. The summed E-state index contributed by atoms with van der Waals surface area (Å²) >= 11 is 1.60. The van der Waals surface area contributed by atoms with Crippen LogP contribution in [0.4, 0.5) is 10.5 Å². The summed E-state index contributed by atoms with van der Waals surface area (Å²) in [5, 5.41) is 10.3. The molecule has 0 aliphatic heterocycles. The van der Waals surface area contributed by atoms with E-state index in [0.29, 0.717) is 5.69 Å². The Hall–Kier alpha value is -2.01. The number of nitrogens with zero attached hydrogens (tertiary/aromatic N) is 2. The summed E-state index contributed by atoms with van der Waals surface area (Å²) in [6.07, 6.45) is 0.697. The van der Waals surface area contributed by atoms with Crippen molar-refractivity contribution in [3.63, 3.8) is 0 Å². The molecule has 0 aliphatic carbocycles. The first-order valence-electron chi connectivity index (χ1n) is 7.04.